The van der Waals surface area contributed by atoms with Crippen LogP contribution in [0.15, 0.2) is 70.6 Å². The van der Waals surface area contributed by atoms with Crippen molar-refractivity contribution < 1.29 is 18.9 Å². The van der Waals surface area contributed by atoms with E-state index in [1.807, 2.05) is 50.2 Å². The molecule has 29 heavy (non-hydrogen) atoms. The first-order valence-electron chi connectivity index (χ1n) is 9.95. The molecule has 6 heteroatoms. The summed E-state index contributed by atoms with van der Waals surface area (Å²) in [5.41, 5.74) is 2.24. The lowest BCUT2D eigenvalue weighted by Crippen LogP contribution is -2.37. The minimum Gasteiger partial charge on any atom is -0.476 e. The van der Waals surface area contributed by atoms with E-state index in [2.05, 4.69) is 24.3 Å². The first kappa shape index (κ1) is 18.3. The molecule has 3 aliphatic heterocycles. The highest BCUT2D eigenvalue weighted by atomic mass is 16.8. The summed E-state index contributed by atoms with van der Waals surface area (Å²) in [6.07, 6.45) is -0.959. The van der Waals surface area contributed by atoms with Crippen molar-refractivity contribution in [2.45, 2.75) is 43.9 Å². The molecule has 0 amide bonds. The van der Waals surface area contributed by atoms with Crippen LogP contribution in [0.1, 0.15) is 37.1 Å². The van der Waals surface area contributed by atoms with Gasteiger partial charge in [-0.25, -0.2) is 9.98 Å². The quantitative estimate of drug-likeness (QED) is 0.793. The number of benzene rings is 2. The number of ether oxygens (including phenoxy) is 4. The van der Waals surface area contributed by atoms with E-state index in [1.165, 1.54) is 0 Å². The van der Waals surface area contributed by atoms with Gasteiger partial charge in [0, 0.05) is 0 Å². The molecule has 0 N–H and O–H groups in total. The summed E-state index contributed by atoms with van der Waals surface area (Å²) in [6, 6.07) is 20.2. The number of rotatable bonds is 4. The number of nitrogens with zero attached hydrogens (tertiary/aromatic N) is 2. The fraction of sp³-hybridized carbons (Fsp3) is 0.391. The molecule has 2 aromatic carbocycles. The van der Waals surface area contributed by atoms with Crippen molar-refractivity contribution in [3.05, 3.63) is 71.8 Å². The van der Waals surface area contributed by atoms with Gasteiger partial charge in [-0.3, -0.25) is 0 Å². The second-order valence-corrected chi connectivity index (χ2v) is 7.89. The van der Waals surface area contributed by atoms with Crippen molar-refractivity contribution in [2.24, 2.45) is 9.98 Å². The number of hydrogen-bond donors (Lipinski definition) is 0. The van der Waals surface area contributed by atoms with Gasteiger partial charge < -0.3 is 18.9 Å². The third-order valence-corrected chi connectivity index (χ3v) is 5.30. The third kappa shape index (κ3) is 3.66. The summed E-state index contributed by atoms with van der Waals surface area (Å²) in [4.78, 5) is 9.57. The molecule has 0 aliphatic carbocycles. The molecule has 150 valence electrons. The van der Waals surface area contributed by atoms with Crippen LogP contribution in [0.25, 0.3) is 0 Å². The van der Waals surface area contributed by atoms with Crippen molar-refractivity contribution in [3.63, 3.8) is 0 Å². The molecule has 0 unspecified atom stereocenters. The van der Waals surface area contributed by atoms with E-state index in [-0.39, 0.29) is 12.1 Å². The van der Waals surface area contributed by atoms with Crippen LogP contribution in [0.5, 0.6) is 0 Å². The van der Waals surface area contributed by atoms with Crippen LogP contribution in [0.2, 0.25) is 0 Å². The van der Waals surface area contributed by atoms with E-state index in [0.717, 1.165) is 11.1 Å². The zero-order valence-electron chi connectivity index (χ0n) is 16.5. The lowest BCUT2D eigenvalue weighted by Gasteiger charge is -2.16. The number of aliphatic imine (C=N–C) groups is 2. The molecule has 1 fully saturated rings. The minimum atomic E-state index is -0.775. The van der Waals surface area contributed by atoms with Gasteiger partial charge >= 0.3 is 0 Å². The zero-order valence-corrected chi connectivity index (χ0v) is 16.5. The second kappa shape index (κ2) is 7.28. The predicted octanol–water partition coefficient (Wildman–Crippen LogP) is 3.85. The van der Waals surface area contributed by atoms with Crippen LogP contribution < -0.4 is 0 Å². The molecule has 1 saturated heterocycles. The molecule has 2 aromatic rings. The Hall–Kier alpha value is -2.70. The summed E-state index contributed by atoms with van der Waals surface area (Å²) in [7, 11) is 0. The fourth-order valence-electron chi connectivity index (χ4n) is 3.91. The van der Waals surface area contributed by atoms with Crippen molar-refractivity contribution in [2.75, 3.05) is 13.2 Å². The molecular weight excluding hydrogens is 368 g/mol. The molecular formula is C23H24N2O4. The Morgan fingerprint density at radius 3 is 1.52 bits per heavy atom. The summed E-state index contributed by atoms with van der Waals surface area (Å²) >= 11 is 0. The lowest BCUT2D eigenvalue weighted by atomic mass is 10.1. The second-order valence-electron chi connectivity index (χ2n) is 7.89. The first-order valence-corrected chi connectivity index (χ1v) is 9.95. The Labute approximate surface area is 170 Å². The maximum absolute atomic E-state index is 6.14. The summed E-state index contributed by atoms with van der Waals surface area (Å²) in [6.45, 7) is 4.75. The maximum Gasteiger partial charge on any atom is 0.217 e. The average Bonchev–Trinajstić information content (AvgIpc) is 3.47. The van der Waals surface area contributed by atoms with E-state index in [9.17, 15) is 0 Å². The van der Waals surface area contributed by atoms with Crippen LogP contribution in [-0.2, 0) is 18.9 Å². The van der Waals surface area contributed by atoms with Gasteiger partial charge in [0.2, 0.25) is 11.8 Å². The Balaban J connectivity index is 1.39. The van der Waals surface area contributed by atoms with Gasteiger partial charge in [0.1, 0.15) is 25.3 Å². The van der Waals surface area contributed by atoms with Gasteiger partial charge in [-0.15, -0.1) is 0 Å². The van der Waals surface area contributed by atoms with Gasteiger partial charge in [-0.2, -0.15) is 0 Å². The van der Waals surface area contributed by atoms with Gasteiger partial charge in [-0.05, 0) is 25.0 Å². The van der Waals surface area contributed by atoms with Crippen molar-refractivity contribution in [1.29, 1.82) is 0 Å². The number of hydrogen-bond acceptors (Lipinski definition) is 6. The molecule has 5 rings (SSSR count). The molecule has 0 radical (unpaired) electrons. The van der Waals surface area contributed by atoms with Gasteiger partial charge in [0.05, 0.1) is 0 Å². The van der Waals surface area contributed by atoms with Crippen LogP contribution >= 0.6 is 0 Å². The van der Waals surface area contributed by atoms with Crippen molar-refractivity contribution in [3.8, 4) is 0 Å². The van der Waals surface area contributed by atoms with Gasteiger partial charge in [0.25, 0.3) is 0 Å². The molecule has 0 aromatic heterocycles. The summed E-state index contributed by atoms with van der Waals surface area (Å²) in [5, 5.41) is 0. The van der Waals surface area contributed by atoms with Crippen LogP contribution in [0, 0.1) is 0 Å². The van der Waals surface area contributed by atoms with Crippen molar-refractivity contribution in [1.82, 2.24) is 0 Å². The van der Waals surface area contributed by atoms with Gasteiger partial charge in [0.15, 0.2) is 18.0 Å². The van der Waals surface area contributed by atoms with E-state index in [4.69, 9.17) is 28.9 Å². The predicted molar refractivity (Wildman–Crippen MR) is 109 cm³/mol. The van der Waals surface area contributed by atoms with Gasteiger partial charge in [-0.1, -0.05) is 60.7 Å². The average molecular weight is 392 g/mol. The molecule has 3 heterocycles. The van der Waals surface area contributed by atoms with Crippen molar-refractivity contribution >= 4 is 11.8 Å². The smallest absolute Gasteiger partial charge is 0.217 e. The third-order valence-electron chi connectivity index (χ3n) is 5.30. The fourth-order valence-corrected chi connectivity index (χ4v) is 3.91. The van der Waals surface area contributed by atoms with Crippen LogP contribution in [0.4, 0.5) is 0 Å². The summed E-state index contributed by atoms with van der Waals surface area (Å²) < 4.78 is 24.2. The minimum absolute atomic E-state index is 0.0392. The lowest BCUT2D eigenvalue weighted by molar-refractivity contribution is -0.138. The Kier molecular flexibility index (Phi) is 4.60. The monoisotopic (exact) mass is 392 g/mol. The summed E-state index contributed by atoms with van der Waals surface area (Å²) in [5.74, 6) is 0.315. The van der Waals surface area contributed by atoms with Crippen LogP contribution in [0.3, 0.4) is 0 Å². The molecule has 0 bridgehead atoms. The molecule has 4 atom stereocenters. The Morgan fingerprint density at radius 1 is 0.690 bits per heavy atom. The molecule has 0 spiro atoms. The highest BCUT2D eigenvalue weighted by Crippen LogP contribution is 2.36. The standard InChI is InChI=1S/C23H24N2O4/c1-23(2)28-19(21-24-17(13-26-21)15-9-5-3-6-10-15)20(29-23)22-25-18(14-27-22)16-11-7-4-8-12-16/h3-12,17-20H,13-14H2,1-2H3/t17-,18-,19-,20-/m0/s1. The highest BCUT2D eigenvalue weighted by Gasteiger charge is 2.50. The van der Waals surface area contributed by atoms with E-state index < -0.39 is 18.0 Å². The normalized spacial score (nSPS) is 30.4. The topological polar surface area (TPSA) is 61.6 Å². The van der Waals surface area contributed by atoms with E-state index in [1.54, 1.807) is 0 Å². The molecule has 6 nitrogen and oxygen atoms in total. The van der Waals surface area contributed by atoms with E-state index in [0.29, 0.717) is 25.0 Å². The molecule has 3 aliphatic rings. The largest absolute Gasteiger partial charge is 0.476 e. The highest BCUT2D eigenvalue weighted by molar-refractivity contribution is 5.93. The Bertz CT molecular complexity index is 851. The SMILES string of the molecule is CC1(C)O[C@H](C2=N[C@H](c3ccccc3)CO2)[C@@H](C2=N[C@H](c3ccccc3)CO2)O1. The zero-order chi connectivity index (χ0) is 19.8. The Morgan fingerprint density at radius 2 is 1.10 bits per heavy atom. The van der Waals surface area contributed by atoms with E-state index >= 15 is 0 Å². The molecule has 0 saturated carbocycles. The van der Waals surface area contributed by atoms with Crippen LogP contribution in [-0.4, -0.2) is 43.0 Å². The maximum atomic E-state index is 6.14. The first-order chi connectivity index (χ1) is 14.1.